The Labute approximate surface area is 341 Å². The number of nitrogens with one attached hydrogen (secondary N) is 2. The van der Waals surface area contributed by atoms with Crippen molar-refractivity contribution < 1.29 is 23.9 Å². The first-order valence-corrected chi connectivity index (χ1v) is 22.4. The molecule has 0 saturated carbocycles. The molecule has 56 heavy (non-hydrogen) atoms. The van der Waals surface area contributed by atoms with Crippen LogP contribution in [0.15, 0.2) is 36.4 Å². The zero-order valence-electron chi connectivity index (χ0n) is 35.2. The smallest absolute Gasteiger partial charge is 0.407 e. The predicted octanol–water partition coefficient (Wildman–Crippen LogP) is 11.3. The molecule has 2 heterocycles. The Bertz CT molecular complexity index is 1620. The number of carbonyl (C=O) groups is 3. The molecular weight excluding hydrogens is 723 g/mol. The van der Waals surface area contributed by atoms with Crippen molar-refractivity contribution in [3.63, 3.8) is 0 Å². The van der Waals surface area contributed by atoms with E-state index in [1.54, 1.807) is 11.3 Å². The lowest BCUT2D eigenvalue weighted by Gasteiger charge is -2.23. The maximum Gasteiger partial charge on any atom is 0.407 e. The number of allylic oxidation sites excluding steroid dienone is 1. The lowest BCUT2D eigenvalue weighted by atomic mass is 10.1. The number of amides is 2. The molecule has 2 N–H and O–H groups in total. The van der Waals surface area contributed by atoms with E-state index in [1.807, 2.05) is 45.0 Å². The van der Waals surface area contributed by atoms with Gasteiger partial charge in [0.1, 0.15) is 17.7 Å². The van der Waals surface area contributed by atoms with Crippen molar-refractivity contribution in [3.8, 4) is 0 Å². The van der Waals surface area contributed by atoms with Crippen molar-refractivity contribution in [2.45, 2.75) is 162 Å². The Kier molecular flexibility index (Phi) is 22.7. The minimum atomic E-state index is -0.516. The number of rotatable bonds is 29. The highest BCUT2D eigenvalue weighted by atomic mass is 32.1. The summed E-state index contributed by atoms with van der Waals surface area (Å²) in [5.41, 5.74) is 1.14. The summed E-state index contributed by atoms with van der Waals surface area (Å²) in [5, 5.41) is 8.11. The number of carbonyl (C=O) groups excluding carboxylic acids is 3. The Morgan fingerprint density at radius 1 is 0.786 bits per heavy atom. The summed E-state index contributed by atoms with van der Waals surface area (Å²) in [6.45, 7) is 13.8. The van der Waals surface area contributed by atoms with Crippen LogP contribution in [0.3, 0.4) is 0 Å². The van der Waals surface area contributed by atoms with E-state index >= 15 is 0 Å². The molecule has 0 atom stereocenters. The molecule has 0 radical (unpaired) electrons. The quantitative estimate of drug-likeness (QED) is 0.0405. The molecule has 0 spiro atoms. The number of aromatic nitrogens is 2. The number of unbranched alkanes of at least 4 members (excludes halogenated alkanes) is 11. The van der Waals surface area contributed by atoms with Gasteiger partial charge in [-0.25, -0.2) is 14.8 Å². The van der Waals surface area contributed by atoms with Crippen LogP contribution in [0, 0.1) is 0 Å². The van der Waals surface area contributed by atoms with E-state index in [1.165, 1.54) is 25.7 Å². The number of anilines is 1. The molecule has 0 fully saturated rings. The third-order valence-corrected chi connectivity index (χ3v) is 10.7. The van der Waals surface area contributed by atoms with Crippen molar-refractivity contribution in [2.75, 3.05) is 38.1 Å². The number of esters is 1. The van der Waals surface area contributed by atoms with E-state index in [0.29, 0.717) is 31.8 Å². The summed E-state index contributed by atoms with van der Waals surface area (Å²) in [6.07, 6.45) is 22.7. The Morgan fingerprint density at radius 3 is 2.21 bits per heavy atom. The molecule has 0 saturated heterocycles. The van der Waals surface area contributed by atoms with Gasteiger partial charge in [0.05, 0.1) is 15.2 Å². The van der Waals surface area contributed by atoms with E-state index in [9.17, 15) is 14.4 Å². The first-order chi connectivity index (χ1) is 27.1. The number of pyridine rings is 1. The summed E-state index contributed by atoms with van der Waals surface area (Å²) in [4.78, 5) is 49.4. The number of hydrogen-bond donors (Lipinski definition) is 2. The van der Waals surface area contributed by atoms with Crippen LogP contribution >= 0.6 is 11.3 Å². The monoisotopic (exact) mass is 794 g/mol. The van der Waals surface area contributed by atoms with Gasteiger partial charge in [-0.2, -0.15) is 0 Å². The zero-order valence-corrected chi connectivity index (χ0v) is 36.0. The van der Waals surface area contributed by atoms with Gasteiger partial charge in [-0.05, 0) is 104 Å². The molecule has 0 aliphatic heterocycles. The highest BCUT2D eigenvalue weighted by molar-refractivity contribution is 7.19. The number of nitrogens with zero attached hydrogens (tertiary/aromatic N) is 3. The van der Waals surface area contributed by atoms with Gasteiger partial charge in [0, 0.05) is 24.8 Å². The average Bonchev–Trinajstić information content (AvgIpc) is 3.59. The van der Waals surface area contributed by atoms with Crippen LogP contribution in [-0.2, 0) is 25.5 Å². The number of hydrogen-bond acceptors (Lipinski definition) is 9. The molecule has 11 heteroatoms. The zero-order chi connectivity index (χ0) is 40.4. The molecule has 1 aromatic carbocycles. The average molecular weight is 794 g/mol. The first kappa shape index (κ1) is 46.8. The molecule has 10 nitrogen and oxygen atoms in total. The second-order valence-corrected chi connectivity index (χ2v) is 17.0. The number of ether oxygens (including phenoxy) is 2. The molecule has 2 aromatic heterocycles. The molecule has 3 aromatic rings. The second-order valence-electron chi connectivity index (χ2n) is 15.9. The number of benzene rings is 1. The van der Waals surface area contributed by atoms with E-state index in [-0.39, 0.29) is 18.0 Å². The summed E-state index contributed by atoms with van der Waals surface area (Å²) in [6, 6.07) is 8.05. The van der Waals surface area contributed by atoms with E-state index in [2.05, 4.69) is 41.5 Å². The lowest BCUT2D eigenvalue weighted by molar-refractivity contribution is -0.142. The Balaban J connectivity index is 1.35. The SMILES string of the molecule is CCCCCC/C=C/COC(=O)CCCCCCCCN(CCCCCC(=O)Nc1nc2ccccc2c2sc(CCC)nc12)CCCNC(=O)OC(C)(C)C. The van der Waals surface area contributed by atoms with Gasteiger partial charge in [0.15, 0.2) is 5.82 Å². The van der Waals surface area contributed by atoms with E-state index in [4.69, 9.17) is 19.4 Å². The largest absolute Gasteiger partial charge is 0.461 e. The fourth-order valence-electron chi connectivity index (χ4n) is 6.59. The summed E-state index contributed by atoms with van der Waals surface area (Å²) < 4.78 is 11.8. The van der Waals surface area contributed by atoms with Crippen molar-refractivity contribution >= 4 is 56.2 Å². The fourth-order valence-corrected chi connectivity index (χ4v) is 7.79. The number of thiazole rings is 1. The van der Waals surface area contributed by atoms with Gasteiger partial charge in [-0.3, -0.25) is 9.59 Å². The van der Waals surface area contributed by atoms with E-state index < -0.39 is 5.60 Å². The van der Waals surface area contributed by atoms with Crippen LogP contribution in [0.25, 0.3) is 21.1 Å². The molecule has 0 unspecified atom stereocenters. The number of para-hydroxylation sites is 1. The molecular formula is C45H71N5O5S. The highest BCUT2D eigenvalue weighted by Crippen LogP contribution is 2.34. The molecule has 0 aliphatic rings. The normalized spacial score (nSPS) is 11.9. The second kappa shape index (κ2) is 27.1. The highest BCUT2D eigenvalue weighted by Gasteiger charge is 2.17. The fraction of sp³-hybridized carbons (Fsp3) is 0.667. The molecule has 3 rings (SSSR count). The third-order valence-electron chi connectivity index (χ3n) is 9.53. The van der Waals surface area contributed by atoms with Crippen molar-refractivity contribution in [1.82, 2.24) is 20.2 Å². The van der Waals surface area contributed by atoms with Gasteiger partial charge in [-0.1, -0.05) is 95.6 Å². The van der Waals surface area contributed by atoms with Gasteiger partial charge in [-0.15, -0.1) is 11.3 Å². The van der Waals surface area contributed by atoms with Gasteiger partial charge in [0.25, 0.3) is 0 Å². The van der Waals surface area contributed by atoms with Gasteiger partial charge in [0.2, 0.25) is 5.91 Å². The Hall–Kier alpha value is -3.57. The van der Waals surface area contributed by atoms with Crippen LogP contribution in [0.2, 0.25) is 0 Å². The molecule has 0 aliphatic carbocycles. The molecule has 312 valence electrons. The Morgan fingerprint density at radius 2 is 1.46 bits per heavy atom. The number of alkyl carbamates (subject to hydrolysis) is 1. The van der Waals surface area contributed by atoms with Gasteiger partial charge >= 0.3 is 12.1 Å². The van der Waals surface area contributed by atoms with Crippen LogP contribution < -0.4 is 10.6 Å². The standard InChI is InChI=1S/C45H71N5O5S/c1-6-8-9-10-13-16-24-35-54-40(52)30-19-14-11-12-15-22-32-50(34-25-31-46-44(53)55-45(3,4)5)33-23-17-18-29-38(51)48-43-41-42(56-39(49-41)26-7-2)36-27-20-21-28-37(36)47-43/h16,20-21,24,27-28H,6-15,17-19,22-23,25-26,29-35H2,1-5H3,(H,46,53)(H,47,48,51)/b24-16+. The van der Waals surface area contributed by atoms with Crippen LogP contribution in [0.1, 0.15) is 155 Å². The minimum absolute atomic E-state index is 0.0262. The lowest BCUT2D eigenvalue weighted by Crippen LogP contribution is -2.35. The third kappa shape index (κ3) is 19.5. The topological polar surface area (TPSA) is 123 Å². The van der Waals surface area contributed by atoms with Crippen LogP contribution in [0.4, 0.5) is 10.6 Å². The predicted molar refractivity (Wildman–Crippen MR) is 232 cm³/mol. The summed E-state index contributed by atoms with van der Waals surface area (Å²) in [5.74, 6) is 0.433. The molecule has 0 bridgehead atoms. The summed E-state index contributed by atoms with van der Waals surface area (Å²) >= 11 is 1.70. The maximum absolute atomic E-state index is 13.1. The van der Waals surface area contributed by atoms with Crippen molar-refractivity contribution in [3.05, 3.63) is 41.4 Å². The minimum Gasteiger partial charge on any atom is -0.461 e. The summed E-state index contributed by atoms with van der Waals surface area (Å²) in [7, 11) is 0. The van der Waals surface area contributed by atoms with Crippen LogP contribution in [-0.4, -0.2) is 71.2 Å². The molecule has 2 amide bonds. The van der Waals surface area contributed by atoms with Gasteiger partial charge < -0.3 is 25.0 Å². The number of aryl methyl sites for hydroxylation is 1. The van der Waals surface area contributed by atoms with Crippen LogP contribution in [0.5, 0.6) is 0 Å². The first-order valence-electron chi connectivity index (χ1n) is 21.6. The van der Waals surface area contributed by atoms with E-state index in [0.717, 1.165) is 129 Å². The van der Waals surface area contributed by atoms with Crippen molar-refractivity contribution in [1.29, 1.82) is 0 Å². The van der Waals surface area contributed by atoms with Crippen molar-refractivity contribution in [2.24, 2.45) is 0 Å². The number of fused-ring (bicyclic) bond motifs is 3. The maximum atomic E-state index is 13.1.